The Balaban J connectivity index is 1.53. The summed E-state index contributed by atoms with van der Waals surface area (Å²) in [4.78, 5) is 32.0. The van der Waals surface area contributed by atoms with Crippen molar-refractivity contribution in [3.63, 3.8) is 0 Å². The molecule has 0 aliphatic carbocycles. The van der Waals surface area contributed by atoms with Gasteiger partial charge in [-0.15, -0.1) is 0 Å². The van der Waals surface area contributed by atoms with Crippen molar-refractivity contribution in [2.24, 2.45) is 0 Å². The molecule has 2 aromatic rings. The summed E-state index contributed by atoms with van der Waals surface area (Å²) in [7, 11) is 0. The first-order chi connectivity index (χ1) is 11.2. The minimum atomic E-state index is -0.162. The Morgan fingerprint density at radius 3 is 2.70 bits per heavy atom. The molecule has 1 aromatic heterocycles. The van der Waals surface area contributed by atoms with Crippen molar-refractivity contribution in [2.75, 3.05) is 18.4 Å². The summed E-state index contributed by atoms with van der Waals surface area (Å²) in [6.45, 7) is 3.27. The number of nitrogens with one attached hydrogen (secondary N) is 2. The number of aromatic nitrogens is 2. The minimum absolute atomic E-state index is 0.0987. The summed E-state index contributed by atoms with van der Waals surface area (Å²) in [5.41, 5.74) is 1.91. The van der Waals surface area contributed by atoms with Crippen LogP contribution in [-0.4, -0.2) is 34.0 Å². The first kappa shape index (κ1) is 15.3. The van der Waals surface area contributed by atoms with Gasteiger partial charge in [-0.3, -0.25) is 4.79 Å². The van der Waals surface area contributed by atoms with Crippen molar-refractivity contribution >= 4 is 11.7 Å². The predicted octanol–water partition coefficient (Wildman–Crippen LogP) is 2.35. The second kappa shape index (κ2) is 6.64. The monoisotopic (exact) mass is 312 g/mol. The number of anilines is 1. The van der Waals surface area contributed by atoms with E-state index in [1.807, 2.05) is 24.3 Å². The van der Waals surface area contributed by atoms with Gasteiger partial charge in [0.25, 0.3) is 5.56 Å². The Kier molecular flexibility index (Phi) is 4.41. The third kappa shape index (κ3) is 3.59. The van der Waals surface area contributed by atoms with Crippen molar-refractivity contribution in [1.29, 1.82) is 0 Å². The number of urea groups is 1. The van der Waals surface area contributed by atoms with Crippen LogP contribution in [0.15, 0.2) is 41.3 Å². The lowest BCUT2D eigenvalue weighted by molar-refractivity contribution is 0.160. The van der Waals surface area contributed by atoms with Gasteiger partial charge in [-0.2, -0.15) is 0 Å². The molecular weight excluding hydrogens is 292 g/mol. The maximum absolute atomic E-state index is 12.2. The Morgan fingerprint density at radius 1 is 1.30 bits per heavy atom. The van der Waals surface area contributed by atoms with Gasteiger partial charge in [-0.25, -0.2) is 9.78 Å². The van der Waals surface area contributed by atoms with Gasteiger partial charge in [0.1, 0.15) is 5.82 Å². The van der Waals surface area contributed by atoms with E-state index in [0.717, 1.165) is 18.5 Å². The molecule has 6 nitrogen and oxygen atoms in total. The van der Waals surface area contributed by atoms with Crippen LogP contribution in [0.25, 0.3) is 0 Å². The molecule has 2 heterocycles. The summed E-state index contributed by atoms with van der Waals surface area (Å²) in [5.74, 6) is 0.743. The highest BCUT2D eigenvalue weighted by Gasteiger charge is 2.33. The topological polar surface area (TPSA) is 78.1 Å². The van der Waals surface area contributed by atoms with Crippen molar-refractivity contribution < 1.29 is 4.79 Å². The Bertz CT molecular complexity index is 733. The van der Waals surface area contributed by atoms with E-state index < -0.39 is 0 Å². The molecule has 0 saturated carbocycles. The van der Waals surface area contributed by atoms with Crippen LogP contribution in [0.2, 0.25) is 0 Å². The van der Waals surface area contributed by atoms with E-state index in [1.165, 1.54) is 17.8 Å². The number of likely N-dealkylation sites (tertiary alicyclic amines) is 1. The number of aromatic amines is 1. The molecule has 0 spiro atoms. The van der Waals surface area contributed by atoms with Gasteiger partial charge in [0.15, 0.2) is 0 Å². The smallest absolute Gasteiger partial charge is 0.321 e. The van der Waals surface area contributed by atoms with E-state index in [2.05, 4.69) is 22.2 Å². The molecule has 120 valence electrons. The number of carbonyl (C=O) groups is 1. The van der Waals surface area contributed by atoms with Crippen LogP contribution in [0.5, 0.6) is 0 Å². The highest BCUT2D eigenvalue weighted by molar-refractivity contribution is 5.90. The van der Waals surface area contributed by atoms with E-state index in [0.29, 0.717) is 18.9 Å². The molecule has 0 unspecified atom stereocenters. The molecular formula is C17H20N4O2. The summed E-state index contributed by atoms with van der Waals surface area (Å²) in [6, 6.07) is 9.19. The molecule has 0 atom stereocenters. The molecule has 0 radical (unpaired) electrons. The zero-order valence-electron chi connectivity index (χ0n) is 13.1. The highest BCUT2D eigenvalue weighted by atomic mass is 16.2. The van der Waals surface area contributed by atoms with Crippen LogP contribution in [0, 0.1) is 0 Å². The third-order valence-electron chi connectivity index (χ3n) is 3.99. The van der Waals surface area contributed by atoms with Crippen molar-refractivity contribution in [3.05, 3.63) is 58.3 Å². The van der Waals surface area contributed by atoms with E-state index in [9.17, 15) is 9.59 Å². The van der Waals surface area contributed by atoms with Crippen molar-refractivity contribution in [1.82, 2.24) is 14.9 Å². The van der Waals surface area contributed by atoms with Crippen molar-refractivity contribution in [3.8, 4) is 0 Å². The van der Waals surface area contributed by atoms with Crippen LogP contribution >= 0.6 is 0 Å². The molecule has 6 heteroatoms. The first-order valence-corrected chi connectivity index (χ1v) is 7.86. The van der Waals surface area contributed by atoms with Crippen LogP contribution in [0.3, 0.4) is 0 Å². The number of carbonyl (C=O) groups excluding carboxylic acids is 1. The largest absolute Gasteiger partial charge is 0.323 e. The fourth-order valence-corrected chi connectivity index (χ4v) is 2.66. The molecule has 1 fully saturated rings. The van der Waals surface area contributed by atoms with E-state index in [4.69, 9.17) is 0 Å². The van der Waals surface area contributed by atoms with Crippen LogP contribution in [0.1, 0.15) is 30.7 Å². The zero-order valence-corrected chi connectivity index (χ0v) is 13.1. The standard InChI is InChI=1S/C17H20N4O2/c1-2-3-12-4-6-14(7-5-12)19-17(23)21-10-13(11-21)16-18-9-8-15(22)20-16/h4-9,13H,2-3,10-11H2,1H3,(H,19,23)(H,18,20,22). The summed E-state index contributed by atoms with van der Waals surface area (Å²) < 4.78 is 0. The number of rotatable bonds is 4. The van der Waals surface area contributed by atoms with Gasteiger partial charge in [-0.1, -0.05) is 25.5 Å². The van der Waals surface area contributed by atoms with Gasteiger partial charge in [0.2, 0.25) is 0 Å². The molecule has 2 amide bonds. The number of amides is 2. The molecule has 1 aromatic carbocycles. The van der Waals surface area contributed by atoms with Gasteiger partial charge in [0.05, 0.1) is 5.92 Å². The number of hydrogen-bond acceptors (Lipinski definition) is 3. The fraction of sp³-hybridized carbons (Fsp3) is 0.353. The maximum Gasteiger partial charge on any atom is 0.321 e. The zero-order chi connectivity index (χ0) is 16.2. The summed E-state index contributed by atoms with van der Waals surface area (Å²) in [6.07, 6.45) is 3.65. The molecule has 2 N–H and O–H groups in total. The molecule has 0 bridgehead atoms. The van der Waals surface area contributed by atoms with E-state index in [1.54, 1.807) is 4.90 Å². The number of aryl methyl sites for hydroxylation is 1. The minimum Gasteiger partial charge on any atom is -0.323 e. The maximum atomic E-state index is 12.2. The van der Waals surface area contributed by atoms with Gasteiger partial charge < -0.3 is 15.2 Å². The fourth-order valence-electron chi connectivity index (χ4n) is 2.66. The van der Waals surface area contributed by atoms with Gasteiger partial charge in [-0.05, 0) is 24.1 Å². The molecule has 1 saturated heterocycles. The van der Waals surface area contributed by atoms with Gasteiger partial charge in [0, 0.05) is 31.0 Å². The van der Waals surface area contributed by atoms with Crippen LogP contribution < -0.4 is 10.9 Å². The quantitative estimate of drug-likeness (QED) is 0.909. The average Bonchev–Trinajstić information content (AvgIpc) is 2.48. The molecule has 1 aliphatic heterocycles. The van der Waals surface area contributed by atoms with E-state index >= 15 is 0 Å². The Labute approximate surface area is 134 Å². The van der Waals surface area contributed by atoms with Crippen LogP contribution in [-0.2, 0) is 6.42 Å². The second-order valence-corrected chi connectivity index (χ2v) is 5.80. The third-order valence-corrected chi connectivity index (χ3v) is 3.99. The number of hydrogen-bond donors (Lipinski definition) is 2. The SMILES string of the molecule is CCCc1ccc(NC(=O)N2CC(c3nccc(=O)[nH]3)C2)cc1. The normalized spacial score (nSPS) is 14.4. The average molecular weight is 312 g/mol. The second-order valence-electron chi connectivity index (χ2n) is 5.80. The summed E-state index contributed by atoms with van der Waals surface area (Å²) in [5, 5.41) is 2.89. The Hall–Kier alpha value is -2.63. The first-order valence-electron chi connectivity index (χ1n) is 7.86. The number of nitrogens with zero attached hydrogens (tertiary/aromatic N) is 2. The number of benzene rings is 1. The lowest BCUT2D eigenvalue weighted by Crippen LogP contribution is -2.51. The highest BCUT2D eigenvalue weighted by Crippen LogP contribution is 2.24. The van der Waals surface area contributed by atoms with Crippen LogP contribution in [0.4, 0.5) is 10.5 Å². The number of H-pyrrole nitrogens is 1. The summed E-state index contributed by atoms with van der Waals surface area (Å²) >= 11 is 0. The molecule has 3 rings (SSSR count). The van der Waals surface area contributed by atoms with Crippen molar-refractivity contribution in [2.45, 2.75) is 25.7 Å². The predicted molar refractivity (Wildman–Crippen MR) is 88.6 cm³/mol. The lowest BCUT2D eigenvalue weighted by atomic mass is 10.00. The van der Waals surface area contributed by atoms with E-state index in [-0.39, 0.29) is 17.5 Å². The molecule has 23 heavy (non-hydrogen) atoms. The van der Waals surface area contributed by atoms with Gasteiger partial charge >= 0.3 is 6.03 Å². The molecule has 1 aliphatic rings. The Morgan fingerprint density at radius 2 is 2.04 bits per heavy atom. The lowest BCUT2D eigenvalue weighted by Gasteiger charge is -2.38.